The van der Waals surface area contributed by atoms with Crippen molar-refractivity contribution in [2.45, 2.75) is 18.9 Å². The molecule has 1 saturated heterocycles. The maximum absolute atomic E-state index is 11.5. The second kappa shape index (κ2) is 4.82. The number of rotatable bonds is 2. The molecule has 84 valence electrons. The minimum absolute atomic E-state index is 0.189. The topological polar surface area (TPSA) is 58.2 Å². The molecule has 16 heavy (non-hydrogen) atoms. The standard InChI is InChI=1S/C11H11IN2O2/c12-7-1-3-8(4-2-7)13-9-5-6-10(15)14-11(9)16/h1-4,9,13H,5-6H2,(H,14,15,16). The Kier molecular flexibility index (Phi) is 3.42. The Labute approximate surface area is 107 Å². The Morgan fingerprint density at radius 1 is 1.25 bits per heavy atom. The predicted molar refractivity (Wildman–Crippen MR) is 69.0 cm³/mol. The van der Waals surface area contributed by atoms with E-state index in [4.69, 9.17) is 0 Å². The van der Waals surface area contributed by atoms with Crippen LogP contribution in [0.2, 0.25) is 0 Å². The summed E-state index contributed by atoms with van der Waals surface area (Å²) in [6, 6.07) is 7.47. The van der Waals surface area contributed by atoms with Gasteiger partial charge in [-0.1, -0.05) is 0 Å². The fourth-order valence-corrected chi connectivity index (χ4v) is 1.94. The van der Waals surface area contributed by atoms with Gasteiger partial charge in [0.05, 0.1) is 0 Å². The zero-order chi connectivity index (χ0) is 11.5. The van der Waals surface area contributed by atoms with Crippen molar-refractivity contribution in [2.24, 2.45) is 0 Å². The molecular formula is C11H11IN2O2. The summed E-state index contributed by atoms with van der Waals surface area (Å²) in [5.74, 6) is -0.430. The third kappa shape index (κ3) is 2.72. The van der Waals surface area contributed by atoms with E-state index in [1.165, 1.54) is 0 Å². The van der Waals surface area contributed by atoms with Gasteiger partial charge in [0.1, 0.15) is 6.04 Å². The molecular weight excluding hydrogens is 319 g/mol. The largest absolute Gasteiger partial charge is 0.374 e. The highest BCUT2D eigenvalue weighted by molar-refractivity contribution is 14.1. The molecule has 2 amide bonds. The van der Waals surface area contributed by atoms with Crippen molar-refractivity contribution >= 4 is 40.1 Å². The van der Waals surface area contributed by atoms with E-state index in [1.807, 2.05) is 24.3 Å². The van der Waals surface area contributed by atoms with E-state index in [-0.39, 0.29) is 17.9 Å². The first kappa shape index (κ1) is 11.4. The van der Waals surface area contributed by atoms with Gasteiger partial charge in [-0.2, -0.15) is 0 Å². The highest BCUT2D eigenvalue weighted by Gasteiger charge is 2.25. The quantitative estimate of drug-likeness (QED) is 0.638. The van der Waals surface area contributed by atoms with Crippen molar-refractivity contribution < 1.29 is 9.59 Å². The Morgan fingerprint density at radius 2 is 1.94 bits per heavy atom. The number of piperidine rings is 1. The number of amides is 2. The molecule has 0 spiro atoms. The zero-order valence-corrected chi connectivity index (χ0v) is 10.7. The first-order valence-electron chi connectivity index (χ1n) is 5.01. The van der Waals surface area contributed by atoms with Crippen LogP contribution in [-0.2, 0) is 9.59 Å². The van der Waals surface area contributed by atoms with E-state index in [0.29, 0.717) is 12.8 Å². The lowest BCUT2D eigenvalue weighted by atomic mass is 10.1. The van der Waals surface area contributed by atoms with Crippen LogP contribution in [0.1, 0.15) is 12.8 Å². The predicted octanol–water partition coefficient (Wildman–Crippen LogP) is 1.51. The number of halogens is 1. The molecule has 0 aromatic heterocycles. The summed E-state index contributed by atoms with van der Waals surface area (Å²) in [7, 11) is 0. The van der Waals surface area contributed by atoms with Gasteiger partial charge in [0.15, 0.2) is 0 Å². The van der Waals surface area contributed by atoms with Gasteiger partial charge in [-0.25, -0.2) is 0 Å². The molecule has 0 saturated carbocycles. The van der Waals surface area contributed by atoms with Crippen molar-refractivity contribution in [1.29, 1.82) is 0 Å². The zero-order valence-electron chi connectivity index (χ0n) is 8.50. The fourth-order valence-electron chi connectivity index (χ4n) is 1.58. The molecule has 1 unspecified atom stereocenters. The van der Waals surface area contributed by atoms with Crippen LogP contribution >= 0.6 is 22.6 Å². The fraction of sp³-hybridized carbons (Fsp3) is 0.273. The lowest BCUT2D eigenvalue weighted by molar-refractivity contribution is -0.133. The SMILES string of the molecule is O=C1CCC(Nc2ccc(I)cc2)C(=O)N1. The second-order valence-corrected chi connectivity index (χ2v) is 4.90. The number of hydrogen-bond donors (Lipinski definition) is 2. The molecule has 0 bridgehead atoms. The van der Waals surface area contributed by atoms with E-state index in [0.717, 1.165) is 9.26 Å². The number of benzene rings is 1. The maximum atomic E-state index is 11.5. The van der Waals surface area contributed by atoms with Crippen LogP contribution in [0.15, 0.2) is 24.3 Å². The van der Waals surface area contributed by atoms with Crippen molar-refractivity contribution in [1.82, 2.24) is 5.32 Å². The average molecular weight is 330 g/mol. The van der Waals surface area contributed by atoms with Gasteiger partial charge in [-0.05, 0) is 53.3 Å². The second-order valence-electron chi connectivity index (χ2n) is 3.65. The normalized spacial score (nSPS) is 20.4. The lowest BCUT2D eigenvalue weighted by Gasteiger charge is -2.22. The molecule has 1 aromatic rings. The van der Waals surface area contributed by atoms with Crippen LogP contribution < -0.4 is 10.6 Å². The van der Waals surface area contributed by atoms with E-state index >= 15 is 0 Å². The Bertz CT molecular complexity index is 416. The number of imide groups is 1. The summed E-state index contributed by atoms with van der Waals surface area (Å²) in [6.45, 7) is 0. The summed E-state index contributed by atoms with van der Waals surface area (Å²) in [4.78, 5) is 22.4. The average Bonchev–Trinajstić information content (AvgIpc) is 2.25. The van der Waals surface area contributed by atoms with E-state index in [2.05, 4.69) is 33.2 Å². The molecule has 4 nitrogen and oxygen atoms in total. The molecule has 0 aliphatic carbocycles. The molecule has 1 aromatic carbocycles. The van der Waals surface area contributed by atoms with Gasteiger partial charge in [-0.15, -0.1) is 0 Å². The first-order valence-corrected chi connectivity index (χ1v) is 6.09. The summed E-state index contributed by atoms with van der Waals surface area (Å²) >= 11 is 2.22. The molecule has 1 fully saturated rings. The molecule has 1 atom stereocenters. The third-order valence-corrected chi connectivity index (χ3v) is 3.14. The molecule has 2 N–H and O–H groups in total. The Balaban J connectivity index is 2.02. The summed E-state index contributed by atoms with van der Waals surface area (Å²) < 4.78 is 1.14. The number of nitrogens with one attached hydrogen (secondary N) is 2. The van der Waals surface area contributed by atoms with E-state index in [1.54, 1.807) is 0 Å². The Morgan fingerprint density at radius 3 is 2.56 bits per heavy atom. The monoisotopic (exact) mass is 330 g/mol. The van der Waals surface area contributed by atoms with Crippen LogP contribution in [0.25, 0.3) is 0 Å². The van der Waals surface area contributed by atoms with Crippen molar-refractivity contribution in [3.8, 4) is 0 Å². The summed E-state index contributed by atoms with van der Waals surface area (Å²) in [6.07, 6.45) is 0.949. The number of hydrogen-bond acceptors (Lipinski definition) is 3. The highest BCUT2D eigenvalue weighted by atomic mass is 127. The van der Waals surface area contributed by atoms with E-state index in [9.17, 15) is 9.59 Å². The van der Waals surface area contributed by atoms with Crippen LogP contribution in [0.3, 0.4) is 0 Å². The van der Waals surface area contributed by atoms with Crippen molar-refractivity contribution in [2.75, 3.05) is 5.32 Å². The van der Waals surface area contributed by atoms with Crippen LogP contribution in [0.4, 0.5) is 5.69 Å². The van der Waals surface area contributed by atoms with Gasteiger partial charge < -0.3 is 5.32 Å². The van der Waals surface area contributed by atoms with Gasteiger partial charge in [0.2, 0.25) is 11.8 Å². The number of carbonyl (C=O) groups excluding carboxylic acids is 2. The number of carbonyl (C=O) groups is 2. The minimum Gasteiger partial charge on any atom is -0.374 e. The first-order chi connectivity index (χ1) is 7.65. The highest BCUT2D eigenvalue weighted by Crippen LogP contribution is 2.15. The van der Waals surface area contributed by atoms with Gasteiger partial charge in [0, 0.05) is 15.7 Å². The Hall–Kier alpha value is -1.11. The van der Waals surface area contributed by atoms with Gasteiger partial charge in [-0.3, -0.25) is 14.9 Å². The van der Waals surface area contributed by atoms with Gasteiger partial charge in [0.25, 0.3) is 0 Å². The molecule has 1 heterocycles. The summed E-state index contributed by atoms with van der Waals surface area (Å²) in [5.41, 5.74) is 0.898. The van der Waals surface area contributed by atoms with Crippen LogP contribution in [-0.4, -0.2) is 17.9 Å². The molecule has 0 radical (unpaired) electrons. The van der Waals surface area contributed by atoms with Crippen molar-refractivity contribution in [3.63, 3.8) is 0 Å². The third-order valence-electron chi connectivity index (χ3n) is 2.42. The van der Waals surface area contributed by atoms with Crippen LogP contribution in [0, 0.1) is 3.57 Å². The molecule has 1 aliphatic rings. The van der Waals surface area contributed by atoms with Gasteiger partial charge >= 0.3 is 0 Å². The van der Waals surface area contributed by atoms with E-state index < -0.39 is 0 Å². The van der Waals surface area contributed by atoms with Crippen LogP contribution in [0.5, 0.6) is 0 Å². The molecule has 2 rings (SSSR count). The van der Waals surface area contributed by atoms with Crippen molar-refractivity contribution in [3.05, 3.63) is 27.8 Å². The lowest BCUT2D eigenvalue weighted by Crippen LogP contribution is -2.47. The summed E-state index contributed by atoms with van der Waals surface area (Å²) in [5, 5.41) is 5.43. The number of anilines is 1. The molecule has 1 aliphatic heterocycles. The molecule has 5 heteroatoms. The minimum atomic E-state index is -0.308. The maximum Gasteiger partial charge on any atom is 0.249 e. The smallest absolute Gasteiger partial charge is 0.249 e.